The monoisotopic (exact) mass is 278 g/mol. The van der Waals surface area contributed by atoms with E-state index in [1.165, 1.54) is 22.3 Å². The summed E-state index contributed by atoms with van der Waals surface area (Å²) in [5.41, 5.74) is 0.962. The van der Waals surface area contributed by atoms with Crippen molar-refractivity contribution < 1.29 is 0 Å². The molecule has 2 heterocycles. The Hall–Kier alpha value is -0.930. The van der Waals surface area contributed by atoms with Crippen LogP contribution in [0.15, 0.2) is 30.3 Å². The van der Waals surface area contributed by atoms with E-state index in [1.807, 2.05) is 11.8 Å². The number of alkyl halides is 1. The fraction of sp³-hybridized carbons (Fsp3) is 0.357. The number of aromatic nitrogens is 1. The van der Waals surface area contributed by atoms with Crippen molar-refractivity contribution in [1.29, 1.82) is 0 Å². The summed E-state index contributed by atoms with van der Waals surface area (Å²) < 4.78 is 0. The Labute approximate surface area is 116 Å². The maximum Gasteiger partial charge on any atom is 0.136 e. The van der Waals surface area contributed by atoms with Gasteiger partial charge in [-0.2, -0.15) is 11.8 Å². The normalized spacial score (nSPS) is 16.2. The lowest BCUT2D eigenvalue weighted by molar-refractivity contribution is 0.841. The number of nitrogens with zero attached hydrogens (tertiary/aromatic N) is 2. The predicted molar refractivity (Wildman–Crippen MR) is 80.8 cm³/mol. The first-order valence-electron chi connectivity index (χ1n) is 6.16. The molecule has 1 aromatic heterocycles. The second-order valence-electron chi connectivity index (χ2n) is 4.39. The third kappa shape index (κ3) is 2.29. The number of pyridine rings is 1. The summed E-state index contributed by atoms with van der Waals surface area (Å²) in [6.07, 6.45) is 0. The van der Waals surface area contributed by atoms with Crippen LogP contribution in [0.2, 0.25) is 0 Å². The Kier molecular flexibility index (Phi) is 3.62. The van der Waals surface area contributed by atoms with Gasteiger partial charge in [0.2, 0.25) is 0 Å². The average Bonchev–Trinajstić information content (AvgIpc) is 2.47. The Bertz CT molecular complexity index is 552. The first kappa shape index (κ1) is 12.1. The molecule has 0 atom stereocenters. The van der Waals surface area contributed by atoms with Crippen LogP contribution in [0.1, 0.15) is 5.69 Å². The van der Waals surface area contributed by atoms with Crippen molar-refractivity contribution in [3.8, 4) is 0 Å². The van der Waals surface area contributed by atoms with Crippen LogP contribution >= 0.6 is 23.4 Å². The molecule has 3 rings (SSSR count). The second-order valence-corrected chi connectivity index (χ2v) is 5.88. The maximum absolute atomic E-state index is 5.95. The molecule has 18 heavy (non-hydrogen) atoms. The smallest absolute Gasteiger partial charge is 0.136 e. The van der Waals surface area contributed by atoms with Gasteiger partial charge in [0.05, 0.1) is 11.6 Å². The first-order chi connectivity index (χ1) is 8.88. The van der Waals surface area contributed by atoms with E-state index in [-0.39, 0.29) is 0 Å². The van der Waals surface area contributed by atoms with E-state index in [2.05, 4.69) is 35.2 Å². The minimum atomic E-state index is 0.473. The van der Waals surface area contributed by atoms with Gasteiger partial charge < -0.3 is 4.90 Å². The van der Waals surface area contributed by atoms with E-state index in [4.69, 9.17) is 16.6 Å². The van der Waals surface area contributed by atoms with E-state index in [9.17, 15) is 0 Å². The van der Waals surface area contributed by atoms with E-state index in [1.54, 1.807) is 0 Å². The molecule has 2 aromatic rings. The number of rotatable bonds is 2. The summed E-state index contributed by atoms with van der Waals surface area (Å²) in [5, 5.41) is 2.47. The molecule has 0 bridgehead atoms. The zero-order valence-electron chi connectivity index (χ0n) is 10.1. The van der Waals surface area contributed by atoms with Gasteiger partial charge in [0, 0.05) is 30.0 Å². The molecule has 4 heteroatoms. The summed E-state index contributed by atoms with van der Waals surface area (Å²) >= 11 is 7.97. The van der Waals surface area contributed by atoms with Crippen molar-refractivity contribution in [3.63, 3.8) is 0 Å². The van der Waals surface area contributed by atoms with E-state index < -0.39 is 0 Å². The number of anilines is 1. The topological polar surface area (TPSA) is 16.1 Å². The molecule has 0 amide bonds. The number of hydrogen-bond acceptors (Lipinski definition) is 3. The van der Waals surface area contributed by atoms with Crippen molar-refractivity contribution >= 4 is 40.0 Å². The Balaban J connectivity index is 2.12. The van der Waals surface area contributed by atoms with Gasteiger partial charge in [-0.25, -0.2) is 4.98 Å². The largest absolute Gasteiger partial charge is 0.354 e. The lowest BCUT2D eigenvalue weighted by atomic mass is 10.1. The van der Waals surface area contributed by atoms with Crippen molar-refractivity contribution in [2.75, 3.05) is 29.5 Å². The lowest BCUT2D eigenvalue weighted by Gasteiger charge is -2.28. The van der Waals surface area contributed by atoms with Crippen molar-refractivity contribution in [2.45, 2.75) is 5.88 Å². The molecule has 0 radical (unpaired) electrons. The molecule has 0 spiro atoms. The first-order valence-corrected chi connectivity index (χ1v) is 7.85. The van der Waals surface area contributed by atoms with Crippen LogP contribution < -0.4 is 4.90 Å². The lowest BCUT2D eigenvalue weighted by Crippen LogP contribution is -2.33. The summed E-state index contributed by atoms with van der Waals surface area (Å²) in [7, 11) is 0. The summed E-state index contributed by atoms with van der Waals surface area (Å²) in [6.45, 7) is 2.15. The highest BCUT2D eigenvalue weighted by molar-refractivity contribution is 7.99. The third-order valence-corrected chi connectivity index (χ3v) is 4.44. The van der Waals surface area contributed by atoms with Crippen LogP contribution in [0.4, 0.5) is 5.82 Å². The van der Waals surface area contributed by atoms with Crippen LogP contribution in [0.25, 0.3) is 10.8 Å². The van der Waals surface area contributed by atoms with E-state index in [0.717, 1.165) is 24.6 Å². The van der Waals surface area contributed by atoms with E-state index in [0.29, 0.717) is 5.88 Å². The fourth-order valence-electron chi connectivity index (χ4n) is 2.32. The maximum atomic E-state index is 5.95. The average molecular weight is 279 g/mol. The molecule has 94 valence electrons. The molecule has 1 fully saturated rings. The Morgan fingerprint density at radius 1 is 1.22 bits per heavy atom. The number of fused-ring (bicyclic) bond motifs is 1. The SMILES string of the molecule is ClCc1cc2ccccc2c(N2CCSCC2)n1. The summed E-state index contributed by atoms with van der Waals surface area (Å²) in [4.78, 5) is 7.11. The standard InChI is InChI=1S/C14H15ClN2S/c15-10-12-9-11-3-1-2-4-13(11)14(16-12)17-5-7-18-8-6-17/h1-4,9H,5-8,10H2. The van der Waals surface area contributed by atoms with Crippen molar-refractivity contribution in [2.24, 2.45) is 0 Å². The molecule has 1 aliphatic rings. The van der Waals surface area contributed by atoms with Crippen molar-refractivity contribution in [3.05, 3.63) is 36.0 Å². The van der Waals surface area contributed by atoms with Crippen LogP contribution in [0, 0.1) is 0 Å². The molecular weight excluding hydrogens is 264 g/mol. The van der Waals surface area contributed by atoms with Gasteiger partial charge in [-0.15, -0.1) is 11.6 Å². The molecule has 0 saturated carbocycles. The predicted octanol–water partition coefficient (Wildman–Crippen LogP) is 3.53. The van der Waals surface area contributed by atoms with Gasteiger partial charge in [-0.1, -0.05) is 24.3 Å². The number of halogens is 1. The van der Waals surface area contributed by atoms with Crippen LogP contribution in [-0.4, -0.2) is 29.6 Å². The van der Waals surface area contributed by atoms with Gasteiger partial charge in [0.15, 0.2) is 0 Å². The van der Waals surface area contributed by atoms with Gasteiger partial charge in [0.1, 0.15) is 5.82 Å². The van der Waals surface area contributed by atoms with Gasteiger partial charge >= 0.3 is 0 Å². The fourth-order valence-corrected chi connectivity index (χ4v) is 3.36. The molecule has 1 aliphatic heterocycles. The van der Waals surface area contributed by atoms with Gasteiger partial charge in [-0.3, -0.25) is 0 Å². The zero-order valence-corrected chi connectivity index (χ0v) is 11.7. The van der Waals surface area contributed by atoms with Crippen LogP contribution in [0.3, 0.4) is 0 Å². The quantitative estimate of drug-likeness (QED) is 0.782. The minimum absolute atomic E-state index is 0.473. The van der Waals surface area contributed by atoms with Crippen LogP contribution in [-0.2, 0) is 5.88 Å². The molecule has 0 aliphatic carbocycles. The Morgan fingerprint density at radius 2 is 2.00 bits per heavy atom. The second kappa shape index (κ2) is 5.37. The third-order valence-electron chi connectivity index (χ3n) is 3.22. The summed E-state index contributed by atoms with van der Waals surface area (Å²) in [6, 6.07) is 10.5. The number of thioether (sulfide) groups is 1. The Morgan fingerprint density at radius 3 is 2.78 bits per heavy atom. The van der Waals surface area contributed by atoms with Gasteiger partial charge in [0.25, 0.3) is 0 Å². The highest BCUT2D eigenvalue weighted by atomic mass is 35.5. The number of hydrogen-bond donors (Lipinski definition) is 0. The van der Waals surface area contributed by atoms with Gasteiger partial charge in [-0.05, 0) is 11.5 Å². The summed E-state index contributed by atoms with van der Waals surface area (Å²) in [5.74, 6) is 3.94. The highest BCUT2D eigenvalue weighted by Gasteiger charge is 2.15. The molecule has 1 aromatic carbocycles. The van der Waals surface area contributed by atoms with Crippen molar-refractivity contribution in [1.82, 2.24) is 4.98 Å². The van der Waals surface area contributed by atoms with E-state index >= 15 is 0 Å². The zero-order chi connectivity index (χ0) is 12.4. The molecule has 1 saturated heterocycles. The number of benzene rings is 1. The highest BCUT2D eigenvalue weighted by Crippen LogP contribution is 2.28. The molecule has 0 N–H and O–H groups in total. The molecular formula is C14H15ClN2S. The molecule has 2 nitrogen and oxygen atoms in total. The minimum Gasteiger partial charge on any atom is -0.354 e. The molecule has 0 unspecified atom stereocenters. The van der Waals surface area contributed by atoms with Crippen LogP contribution in [0.5, 0.6) is 0 Å².